The predicted octanol–water partition coefficient (Wildman–Crippen LogP) is 2.71. The summed E-state index contributed by atoms with van der Waals surface area (Å²) in [5.74, 6) is 1.10. The van der Waals surface area contributed by atoms with Gasteiger partial charge in [-0.2, -0.15) is 0 Å². The summed E-state index contributed by atoms with van der Waals surface area (Å²) in [5, 5.41) is 0. The highest BCUT2D eigenvalue weighted by molar-refractivity contribution is 5.67. The monoisotopic (exact) mass is 230 g/mol. The summed E-state index contributed by atoms with van der Waals surface area (Å²) in [6.45, 7) is 6.04. The fourth-order valence-corrected chi connectivity index (χ4v) is 1.34. The van der Waals surface area contributed by atoms with Crippen molar-refractivity contribution in [1.82, 2.24) is 15.0 Å². The second-order valence-electron chi connectivity index (χ2n) is 3.16. The number of nitrogens with two attached hydrogens (primary N) is 1. The highest BCUT2D eigenvalue weighted by Gasteiger charge is 2.06. The van der Waals surface area contributed by atoms with Gasteiger partial charge in [-0.3, -0.25) is 0 Å². The summed E-state index contributed by atoms with van der Waals surface area (Å²) in [7, 11) is 0. The lowest BCUT2D eigenvalue weighted by Crippen LogP contribution is -1.99. The van der Waals surface area contributed by atoms with E-state index in [0.717, 1.165) is 17.7 Å². The van der Waals surface area contributed by atoms with Gasteiger partial charge in [0.05, 0.1) is 5.56 Å². The van der Waals surface area contributed by atoms with Crippen molar-refractivity contribution < 1.29 is 0 Å². The van der Waals surface area contributed by atoms with Crippen LogP contribution in [0.25, 0.3) is 11.4 Å². The second-order valence-corrected chi connectivity index (χ2v) is 3.16. The van der Waals surface area contributed by atoms with Crippen LogP contribution in [0.5, 0.6) is 0 Å². The van der Waals surface area contributed by atoms with Crippen LogP contribution < -0.4 is 5.73 Å². The molecule has 17 heavy (non-hydrogen) atoms. The number of aryl methyl sites for hydroxylation is 1. The number of pyridine rings is 1. The first kappa shape index (κ1) is 13.1. The minimum atomic E-state index is 0.487. The third kappa shape index (κ3) is 3.24. The first-order chi connectivity index (χ1) is 8.31. The van der Waals surface area contributed by atoms with Crippen molar-refractivity contribution >= 4 is 5.82 Å². The van der Waals surface area contributed by atoms with E-state index in [1.54, 1.807) is 18.5 Å². The van der Waals surface area contributed by atoms with Crippen molar-refractivity contribution in [2.75, 3.05) is 5.73 Å². The van der Waals surface area contributed by atoms with Crippen LogP contribution in [0.2, 0.25) is 0 Å². The SMILES string of the molecule is CC.CCc1ccc(-c2ncccn2)c(N)n1. The molecular formula is C13H18N4. The first-order valence-electron chi connectivity index (χ1n) is 5.84. The van der Waals surface area contributed by atoms with E-state index in [1.807, 2.05) is 32.9 Å². The Morgan fingerprint density at radius 3 is 2.29 bits per heavy atom. The van der Waals surface area contributed by atoms with Gasteiger partial charge in [0.1, 0.15) is 5.82 Å². The normalized spacial score (nSPS) is 9.35. The van der Waals surface area contributed by atoms with Gasteiger partial charge in [-0.15, -0.1) is 0 Å². The molecule has 0 bridgehead atoms. The van der Waals surface area contributed by atoms with Gasteiger partial charge in [-0.25, -0.2) is 15.0 Å². The number of hydrogen-bond acceptors (Lipinski definition) is 4. The quantitative estimate of drug-likeness (QED) is 0.861. The fourth-order valence-electron chi connectivity index (χ4n) is 1.34. The van der Waals surface area contributed by atoms with Gasteiger partial charge in [0.15, 0.2) is 5.82 Å². The fraction of sp³-hybridized carbons (Fsp3) is 0.308. The number of aromatic nitrogens is 3. The zero-order valence-electron chi connectivity index (χ0n) is 10.5. The van der Waals surface area contributed by atoms with E-state index < -0.39 is 0 Å². The largest absolute Gasteiger partial charge is 0.383 e. The molecule has 0 aliphatic rings. The molecule has 0 fully saturated rings. The smallest absolute Gasteiger partial charge is 0.162 e. The summed E-state index contributed by atoms with van der Waals surface area (Å²) in [6, 6.07) is 5.63. The zero-order valence-corrected chi connectivity index (χ0v) is 10.5. The molecule has 0 aliphatic carbocycles. The molecule has 0 aromatic carbocycles. The standard InChI is InChI=1S/C11H12N4.C2H6/c1-2-8-4-5-9(10(12)15-8)11-13-6-3-7-14-11;1-2/h3-7H,2H2,1H3,(H2,12,15);1-2H3. The van der Waals surface area contributed by atoms with E-state index in [0.29, 0.717) is 11.6 Å². The molecule has 4 nitrogen and oxygen atoms in total. The van der Waals surface area contributed by atoms with Crippen LogP contribution in [0.1, 0.15) is 26.5 Å². The molecule has 2 heterocycles. The number of nitrogen functional groups attached to an aromatic ring is 1. The summed E-state index contributed by atoms with van der Waals surface area (Å²) < 4.78 is 0. The molecule has 2 aromatic heterocycles. The molecule has 0 aliphatic heterocycles. The Hall–Kier alpha value is -1.97. The highest BCUT2D eigenvalue weighted by atomic mass is 14.9. The number of hydrogen-bond donors (Lipinski definition) is 1. The predicted molar refractivity (Wildman–Crippen MR) is 70.4 cm³/mol. The van der Waals surface area contributed by atoms with E-state index in [2.05, 4.69) is 15.0 Å². The Labute approximate surface area is 102 Å². The Morgan fingerprint density at radius 1 is 1.12 bits per heavy atom. The topological polar surface area (TPSA) is 64.7 Å². The first-order valence-corrected chi connectivity index (χ1v) is 5.84. The minimum absolute atomic E-state index is 0.487. The third-order valence-corrected chi connectivity index (χ3v) is 2.15. The Balaban J connectivity index is 0.000000686. The van der Waals surface area contributed by atoms with Gasteiger partial charge in [0, 0.05) is 18.1 Å². The van der Waals surface area contributed by atoms with Crippen LogP contribution in [-0.2, 0) is 6.42 Å². The molecule has 0 saturated carbocycles. The zero-order chi connectivity index (χ0) is 12.7. The van der Waals surface area contributed by atoms with Crippen LogP contribution in [0.3, 0.4) is 0 Å². The van der Waals surface area contributed by atoms with E-state index >= 15 is 0 Å². The van der Waals surface area contributed by atoms with E-state index in [-0.39, 0.29) is 0 Å². The van der Waals surface area contributed by atoms with Crippen molar-refractivity contribution in [1.29, 1.82) is 0 Å². The molecule has 0 atom stereocenters. The van der Waals surface area contributed by atoms with Crippen molar-refractivity contribution in [2.24, 2.45) is 0 Å². The van der Waals surface area contributed by atoms with Crippen LogP contribution in [-0.4, -0.2) is 15.0 Å². The molecule has 4 heteroatoms. The van der Waals surface area contributed by atoms with Gasteiger partial charge in [-0.05, 0) is 24.6 Å². The molecule has 0 unspecified atom stereocenters. The summed E-state index contributed by atoms with van der Waals surface area (Å²) in [4.78, 5) is 12.5. The number of nitrogens with zero attached hydrogens (tertiary/aromatic N) is 3. The average molecular weight is 230 g/mol. The number of rotatable bonds is 2. The average Bonchev–Trinajstić information content (AvgIpc) is 2.42. The molecule has 2 rings (SSSR count). The van der Waals surface area contributed by atoms with Gasteiger partial charge in [-0.1, -0.05) is 20.8 Å². The van der Waals surface area contributed by atoms with Gasteiger partial charge in [0.2, 0.25) is 0 Å². The number of anilines is 1. The maximum atomic E-state index is 5.84. The van der Waals surface area contributed by atoms with Gasteiger partial charge in [0.25, 0.3) is 0 Å². The van der Waals surface area contributed by atoms with E-state index in [9.17, 15) is 0 Å². The van der Waals surface area contributed by atoms with Gasteiger partial charge >= 0.3 is 0 Å². The van der Waals surface area contributed by atoms with Gasteiger partial charge < -0.3 is 5.73 Å². The van der Waals surface area contributed by atoms with E-state index in [4.69, 9.17) is 5.73 Å². The summed E-state index contributed by atoms with van der Waals surface area (Å²) in [5.41, 5.74) is 7.60. The lowest BCUT2D eigenvalue weighted by atomic mass is 10.2. The highest BCUT2D eigenvalue weighted by Crippen LogP contribution is 2.20. The molecule has 2 aromatic rings. The van der Waals surface area contributed by atoms with Crippen molar-refractivity contribution in [3.63, 3.8) is 0 Å². The molecule has 0 amide bonds. The molecule has 0 radical (unpaired) electrons. The lowest BCUT2D eigenvalue weighted by molar-refractivity contribution is 1.04. The second kappa shape index (κ2) is 6.58. The Kier molecular flexibility index (Phi) is 5.07. The molecule has 2 N–H and O–H groups in total. The lowest BCUT2D eigenvalue weighted by Gasteiger charge is -2.04. The van der Waals surface area contributed by atoms with Crippen molar-refractivity contribution in [3.05, 3.63) is 36.3 Å². The molecule has 90 valence electrons. The summed E-state index contributed by atoms with van der Waals surface area (Å²) in [6.07, 6.45) is 4.26. The Bertz CT molecular complexity index is 454. The molecular weight excluding hydrogens is 212 g/mol. The minimum Gasteiger partial charge on any atom is -0.383 e. The molecule has 0 spiro atoms. The summed E-state index contributed by atoms with van der Waals surface area (Å²) >= 11 is 0. The van der Waals surface area contributed by atoms with Crippen molar-refractivity contribution in [3.8, 4) is 11.4 Å². The maximum Gasteiger partial charge on any atom is 0.162 e. The van der Waals surface area contributed by atoms with Crippen LogP contribution in [0.4, 0.5) is 5.82 Å². The maximum absolute atomic E-state index is 5.84. The van der Waals surface area contributed by atoms with Crippen LogP contribution in [0, 0.1) is 0 Å². The third-order valence-electron chi connectivity index (χ3n) is 2.15. The van der Waals surface area contributed by atoms with Crippen LogP contribution in [0.15, 0.2) is 30.6 Å². The molecule has 0 saturated heterocycles. The van der Waals surface area contributed by atoms with Crippen LogP contribution >= 0.6 is 0 Å². The van der Waals surface area contributed by atoms with Crippen molar-refractivity contribution in [2.45, 2.75) is 27.2 Å². The van der Waals surface area contributed by atoms with E-state index in [1.165, 1.54) is 0 Å². The Morgan fingerprint density at radius 2 is 1.76 bits per heavy atom.